The molecule has 3 heterocycles. The summed E-state index contributed by atoms with van der Waals surface area (Å²) in [4.78, 5) is 44.1. The molecule has 1 spiro atoms. The maximum atomic E-state index is 14.4. The average molecular weight is 550 g/mol. The molecule has 40 heavy (non-hydrogen) atoms. The third kappa shape index (κ3) is 4.01. The molecule has 1 N–H and O–H groups in total. The van der Waals surface area contributed by atoms with Gasteiger partial charge >= 0.3 is 12.2 Å². The number of piperidine rings is 1. The van der Waals surface area contributed by atoms with Gasteiger partial charge in [0.1, 0.15) is 5.75 Å². The van der Waals surface area contributed by atoms with Gasteiger partial charge in [0.15, 0.2) is 5.41 Å². The first-order valence-electron chi connectivity index (χ1n) is 13.0. The number of hydrogen-bond acceptors (Lipinski definition) is 5. The zero-order valence-corrected chi connectivity index (χ0v) is 21.6. The molecule has 3 aromatic rings. The number of nitrogens with zero attached hydrogens (tertiary/aromatic N) is 2. The zero-order chi connectivity index (χ0) is 28.2. The molecular weight excluding hydrogens is 523 g/mol. The van der Waals surface area contributed by atoms with Crippen molar-refractivity contribution in [3.63, 3.8) is 0 Å². The van der Waals surface area contributed by atoms with Gasteiger partial charge in [0.2, 0.25) is 5.91 Å². The summed E-state index contributed by atoms with van der Waals surface area (Å²) in [6.45, 7) is 0.432. The van der Waals surface area contributed by atoms with Gasteiger partial charge in [-0.3, -0.25) is 14.9 Å². The van der Waals surface area contributed by atoms with E-state index >= 15 is 0 Å². The highest BCUT2D eigenvalue weighted by molar-refractivity contribution is 6.30. The molecule has 2 saturated heterocycles. The van der Waals surface area contributed by atoms with E-state index in [0.717, 1.165) is 22.6 Å². The molecule has 7 nitrogen and oxygen atoms in total. The molecule has 0 aliphatic carbocycles. The van der Waals surface area contributed by atoms with E-state index in [9.17, 15) is 27.6 Å². The number of imide groups is 2. The van der Waals surface area contributed by atoms with Crippen LogP contribution in [0.2, 0.25) is 0 Å². The molecule has 0 unspecified atom stereocenters. The van der Waals surface area contributed by atoms with Gasteiger partial charge in [-0.1, -0.05) is 30.3 Å². The van der Waals surface area contributed by atoms with Crippen LogP contribution in [-0.2, 0) is 22.2 Å². The Balaban J connectivity index is 1.49. The van der Waals surface area contributed by atoms with Crippen LogP contribution in [-0.4, -0.2) is 37.5 Å². The highest BCUT2D eigenvalue weighted by atomic mass is 19.4. The van der Waals surface area contributed by atoms with Crippen molar-refractivity contribution in [3.05, 3.63) is 89.5 Å². The summed E-state index contributed by atoms with van der Waals surface area (Å²) in [5, 5.41) is 2.36. The lowest BCUT2D eigenvalue weighted by molar-refractivity contribution is -0.145. The third-order valence-electron chi connectivity index (χ3n) is 8.37. The minimum Gasteiger partial charge on any atom is -0.497 e. The number of ether oxygens (including phenoxy) is 1. The first-order chi connectivity index (χ1) is 19.1. The van der Waals surface area contributed by atoms with Crippen molar-refractivity contribution in [2.45, 2.75) is 37.4 Å². The summed E-state index contributed by atoms with van der Waals surface area (Å²) in [7, 11) is 1.48. The number of methoxy groups -OCH3 is 1. The number of fused-ring (bicyclic) bond motifs is 4. The van der Waals surface area contributed by atoms with Crippen LogP contribution in [0.25, 0.3) is 0 Å². The van der Waals surface area contributed by atoms with Crippen LogP contribution >= 0.6 is 0 Å². The minimum atomic E-state index is -4.59. The van der Waals surface area contributed by atoms with Crippen molar-refractivity contribution in [3.8, 4) is 5.75 Å². The molecule has 3 aliphatic rings. The largest absolute Gasteiger partial charge is 0.497 e. The number of halogens is 3. The van der Waals surface area contributed by atoms with Crippen LogP contribution in [0.15, 0.2) is 72.8 Å². The molecular formula is C30H26F3N3O4. The van der Waals surface area contributed by atoms with Crippen molar-refractivity contribution in [1.29, 1.82) is 0 Å². The van der Waals surface area contributed by atoms with Crippen molar-refractivity contribution < 1.29 is 32.3 Å². The number of carbonyl (C=O) groups excluding carboxylic acids is 3. The van der Waals surface area contributed by atoms with Crippen LogP contribution in [0.5, 0.6) is 5.75 Å². The van der Waals surface area contributed by atoms with E-state index in [2.05, 4.69) is 5.32 Å². The SMILES string of the molecule is COc1ccc(N2C(=O)NC(=O)[C@]3(Cc4cc(C(F)(F)F)ccc4N4CC[C@H](c5ccccc5)C[C@H]43)C2=O)cc1. The van der Waals surface area contributed by atoms with Crippen molar-refractivity contribution in [2.24, 2.45) is 5.41 Å². The van der Waals surface area contributed by atoms with Crippen molar-refractivity contribution in [2.75, 3.05) is 23.5 Å². The number of hydrogen-bond donors (Lipinski definition) is 1. The molecule has 206 valence electrons. The fraction of sp³-hybridized carbons (Fsp3) is 0.300. The Bertz CT molecular complexity index is 1490. The smallest absolute Gasteiger partial charge is 0.416 e. The van der Waals surface area contributed by atoms with E-state index in [4.69, 9.17) is 4.74 Å². The lowest BCUT2D eigenvalue weighted by Crippen LogP contribution is -2.73. The van der Waals surface area contributed by atoms with Gasteiger partial charge in [-0.2, -0.15) is 13.2 Å². The molecule has 0 radical (unpaired) electrons. The van der Waals surface area contributed by atoms with E-state index in [1.165, 1.54) is 25.3 Å². The summed E-state index contributed by atoms with van der Waals surface area (Å²) >= 11 is 0. The van der Waals surface area contributed by atoms with Gasteiger partial charge < -0.3 is 9.64 Å². The Labute approximate surface area is 228 Å². The number of amides is 4. The predicted octanol–water partition coefficient (Wildman–Crippen LogP) is 5.29. The van der Waals surface area contributed by atoms with Gasteiger partial charge in [0.25, 0.3) is 5.91 Å². The van der Waals surface area contributed by atoms with Crippen LogP contribution < -0.4 is 19.9 Å². The summed E-state index contributed by atoms with van der Waals surface area (Å²) in [6, 6.07) is 17.9. The molecule has 3 aliphatic heterocycles. The maximum Gasteiger partial charge on any atom is 0.416 e. The average Bonchev–Trinajstić information content (AvgIpc) is 2.95. The van der Waals surface area contributed by atoms with Gasteiger partial charge in [-0.25, -0.2) is 9.69 Å². The van der Waals surface area contributed by atoms with Crippen molar-refractivity contribution >= 4 is 29.2 Å². The number of rotatable bonds is 3. The monoisotopic (exact) mass is 549 g/mol. The standard InChI is InChI=1S/C30H26F3N3O4/c1-40-23-10-8-22(9-11-23)36-27(38)29(26(37)34-28(36)39)17-20-15-21(30(31,32)33)7-12-24(20)35-14-13-19(16-25(29)35)18-5-3-2-4-6-18/h2-12,15,19,25H,13-14,16-17H2,1H3,(H,34,37,39)/t19-,25-,29+/m0/s1. The zero-order valence-electron chi connectivity index (χ0n) is 21.6. The van der Waals surface area contributed by atoms with Crippen LogP contribution in [0.1, 0.15) is 35.4 Å². The fourth-order valence-electron chi connectivity index (χ4n) is 6.42. The Morgan fingerprint density at radius 3 is 2.38 bits per heavy atom. The lowest BCUT2D eigenvalue weighted by atomic mass is 9.64. The minimum absolute atomic E-state index is 0.0167. The molecule has 0 bridgehead atoms. The maximum absolute atomic E-state index is 14.4. The Morgan fingerprint density at radius 1 is 0.975 bits per heavy atom. The molecule has 4 amide bonds. The van der Waals surface area contributed by atoms with Gasteiger partial charge in [0, 0.05) is 12.2 Å². The summed E-state index contributed by atoms with van der Waals surface area (Å²) in [5.74, 6) is -1.02. The van der Waals surface area contributed by atoms with Gasteiger partial charge in [0.05, 0.1) is 24.4 Å². The Morgan fingerprint density at radius 2 is 1.70 bits per heavy atom. The fourth-order valence-corrected chi connectivity index (χ4v) is 6.42. The number of alkyl halides is 3. The number of benzene rings is 3. The number of anilines is 2. The van der Waals surface area contributed by atoms with E-state index in [1.54, 1.807) is 12.1 Å². The lowest BCUT2D eigenvalue weighted by Gasteiger charge is -2.55. The van der Waals surface area contributed by atoms with E-state index in [1.807, 2.05) is 35.2 Å². The molecule has 6 rings (SSSR count). The number of nitrogens with one attached hydrogen (secondary N) is 1. The first-order valence-corrected chi connectivity index (χ1v) is 13.0. The number of barbiturate groups is 1. The van der Waals surface area contributed by atoms with Crippen molar-refractivity contribution in [1.82, 2.24) is 5.32 Å². The molecule has 2 fully saturated rings. The van der Waals surface area contributed by atoms with Crippen LogP contribution in [0.3, 0.4) is 0 Å². The normalized spacial score (nSPS) is 24.4. The molecule has 0 aromatic heterocycles. The van der Waals surface area contributed by atoms with Crippen LogP contribution in [0.4, 0.5) is 29.3 Å². The summed E-state index contributed by atoms with van der Waals surface area (Å²) in [5.41, 5.74) is -0.571. The Hall–Kier alpha value is -4.34. The second kappa shape index (κ2) is 9.39. The highest BCUT2D eigenvalue weighted by Crippen LogP contribution is 2.51. The predicted molar refractivity (Wildman–Crippen MR) is 141 cm³/mol. The van der Waals surface area contributed by atoms with Gasteiger partial charge in [-0.15, -0.1) is 0 Å². The first kappa shape index (κ1) is 25.9. The summed E-state index contributed by atoms with van der Waals surface area (Å²) < 4.78 is 46.3. The quantitative estimate of drug-likeness (QED) is 0.449. The number of urea groups is 1. The molecule has 3 aromatic carbocycles. The number of carbonyl (C=O) groups is 3. The second-order valence-corrected chi connectivity index (χ2v) is 10.4. The van der Waals surface area contributed by atoms with E-state index in [0.29, 0.717) is 30.8 Å². The molecule has 0 saturated carbocycles. The topological polar surface area (TPSA) is 79.0 Å². The highest BCUT2D eigenvalue weighted by Gasteiger charge is 2.63. The van der Waals surface area contributed by atoms with E-state index < -0.39 is 41.0 Å². The second-order valence-electron chi connectivity index (χ2n) is 10.4. The third-order valence-corrected chi connectivity index (χ3v) is 8.37. The molecule has 3 atom stereocenters. The van der Waals surface area contributed by atoms with Crippen LogP contribution in [0, 0.1) is 5.41 Å². The molecule has 10 heteroatoms. The van der Waals surface area contributed by atoms with E-state index in [-0.39, 0.29) is 23.6 Å². The Kier molecular flexibility index (Phi) is 6.08. The summed E-state index contributed by atoms with van der Waals surface area (Å²) in [6.07, 6.45) is -3.76. The van der Waals surface area contributed by atoms with Gasteiger partial charge in [-0.05, 0) is 78.8 Å².